The Morgan fingerprint density at radius 3 is 2.48 bits per heavy atom. The van der Waals surface area contributed by atoms with E-state index in [2.05, 4.69) is 10.3 Å². The van der Waals surface area contributed by atoms with Crippen LogP contribution in [-0.4, -0.2) is 22.7 Å². The maximum absolute atomic E-state index is 13.9. The first-order valence-corrected chi connectivity index (χ1v) is 6.79. The predicted octanol–water partition coefficient (Wildman–Crippen LogP) is 2.20. The van der Waals surface area contributed by atoms with Gasteiger partial charge in [-0.05, 0) is 29.3 Å². The number of carbonyl (C=O) groups excluding carboxylic acids is 1. The molecule has 23 heavy (non-hydrogen) atoms. The first kappa shape index (κ1) is 17.0. The van der Waals surface area contributed by atoms with Gasteiger partial charge in [0.15, 0.2) is 11.6 Å². The molecule has 1 heterocycles. The molecule has 0 aliphatic rings. The first-order chi connectivity index (χ1) is 10.9. The lowest BCUT2D eigenvalue weighted by molar-refractivity contribution is -0.120. The summed E-state index contributed by atoms with van der Waals surface area (Å²) in [6.45, 7) is -0.170. The van der Waals surface area contributed by atoms with Crippen LogP contribution in [0.4, 0.5) is 13.2 Å². The van der Waals surface area contributed by atoms with Gasteiger partial charge in [-0.15, -0.1) is 0 Å². The summed E-state index contributed by atoms with van der Waals surface area (Å²) >= 11 is 0. The Morgan fingerprint density at radius 1 is 1.26 bits per heavy atom. The van der Waals surface area contributed by atoms with Gasteiger partial charge in [-0.3, -0.25) is 9.78 Å². The summed E-state index contributed by atoms with van der Waals surface area (Å²) in [4.78, 5) is 15.6. The molecular formula is C16H15F3N2O2. The lowest BCUT2D eigenvalue weighted by Crippen LogP contribution is -2.48. The number of nitrogens with one attached hydrogen (secondary N) is 1. The molecule has 4 nitrogen and oxygen atoms in total. The van der Waals surface area contributed by atoms with Gasteiger partial charge in [0.2, 0.25) is 5.91 Å². The average Bonchev–Trinajstić information content (AvgIpc) is 2.55. The Morgan fingerprint density at radius 2 is 2.00 bits per heavy atom. The first-order valence-electron chi connectivity index (χ1n) is 6.79. The van der Waals surface area contributed by atoms with Gasteiger partial charge < -0.3 is 10.4 Å². The van der Waals surface area contributed by atoms with E-state index in [1.807, 2.05) is 0 Å². The van der Waals surface area contributed by atoms with Crippen molar-refractivity contribution < 1.29 is 23.1 Å². The highest BCUT2D eigenvalue weighted by molar-refractivity contribution is 5.75. The molecule has 0 bridgehead atoms. The van der Waals surface area contributed by atoms with E-state index < -0.39 is 29.8 Å². The number of aromatic nitrogens is 1. The van der Waals surface area contributed by atoms with Gasteiger partial charge in [0.1, 0.15) is 12.2 Å². The molecule has 0 aliphatic heterocycles. The van der Waals surface area contributed by atoms with Gasteiger partial charge in [0, 0.05) is 13.1 Å². The highest BCUT2D eigenvalue weighted by atomic mass is 19.2. The predicted molar refractivity (Wildman–Crippen MR) is 77.1 cm³/mol. The fourth-order valence-corrected chi connectivity index (χ4v) is 2.30. The maximum Gasteiger partial charge on any atom is 0.217 e. The number of aliphatic hydroxyl groups excluding tert-OH is 1. The van der Waals surface area contributed by atoms with E-state index in [9.17, 15) is 18.0 Å². The van der Waals surface area contributed by atoms with Gasteiger partial charge in [-0.2, -0.15) is 0 Å². The Hall–Kier alpha value is -2.41. The number of carbonyl (C=O) groups is 1. The molecule has 1 atom stereocenters. The second-order valence-electron chi connectivity index (χ2n) is 5.06. The Bertz CT molecular complexity index is 707. The molecule has 0 fully saturated rings. The number of amides is 1. The monoisotopic (exact) mass is 324 g/mol. The van der Waals surface area contributed by atoms with Gasteiger partial charge in [0.05, 0.1) is 12.3 Å². The Balaban J connectivity index is 2.62. The van der Waals surface area contributed by atoms with Crippen molar-refractivity contribution in [3.8, 4) is 0 Å². The zero-order chi connectivity index (χ0) is 17.0. The number of rotatable bonds is 5. The minimum atomic E-state index is -1.74. The minimum absolute atomic E-state index is 0.0262. The summed E-state index contributed by atoms with van der Waals surface area (Å²) in [6, 6.07) is 5.80. The molecule has 122 valence electrons. The molecule has 1 aromatic carbocycles. The molecule has 2 rings (SSSR count). The van der Waals surface area contributed by atoms with Crippen LogP contribution in [0.25, 0.3) is 0 Å². The SMILES string of the molecule is CC(=O)NC(CF)(c1ccc(F)c(F)c1)c1ccc(CO)cn1. The van der Waals surface area contributed by atoms with Crippen LogP contribution in [0.15, 0.2) is 36.5 Å². The second kappa shape index (κ2) is 6.78. The summed E-state index contributed by atoms with van der Waals surface area (Å²) in [6.07, 6.45) is 1.32. The summed E-state index contributed by atoms with van der Waals surface area (Å²) in [5.74, 6) is -2.79. The fraction of sp³-hybridized carbons (Fsp3) is 0.250. The Kier molecular flexibility index (Phi) is 5.00. The molecule has 0 spiro atoms. The van der Waals surface area contributed by atoms with Crippen molar-refractivity contribution in [1.29, 1.82) is 0 Å². The highest BCUT2D eigenvalue weighted by Crippen LogP contribution is 2.30. The number of hydrogen-bond acceptors (Lipinski definition) is 3. The van der Waals surface area contributed by atoms with Crippen LogP contribution >= 0.6 is 0 Å². The fourth-order valence-electron chi connectivity index (χ4n) is 2.30. The molecule has 2 aromatic rings. The van der Waals surface area contributed by atoms with Gasteiger partial charge in [-0.25, -0.2) is 13.2 Å². The molecule has 1 amide bonds. The van der Waals surface area contributed by atoms with E-state index in [1.54, 1.807) is 0 Å². The molecule has 0 saturated heterocycles. The van der Waals surface area contributed by atoms with Crippen molar-refractivity contribution in [1.82, 2.24) is 10.3 Å². The van der Waals surface area contributed by atoms with E-state index in [-0.39, 0.29) is 17.9 Å². The van der Waals surface area contributed by atoms with Crippen molar-refractivity contribution in [2.75, 3.05) is 6.67 Å². The molecule has 0 radical (unpaired) electrons. The molecular weight excluding hydrogens is 309 g/mol. The second-order valence-corrected chi connectivity index (χ2v) is 5.06. The van der Waals surface area contributed by atoms with Gasteiger partial charge in [-0.1, -0.05) is 12.1 Å². The smallest absolute Gasteiger partial charge is 0.217 e. The van der Waals surface area contributed by atoms with Crippen molar-refractivity contribution >= 4 is 5.91 Å². The highest BCUT2D eigenvalue weighted by Gasteiger charge is 2.37. The van der Waals surface area contributed by atoms with Crippen LogP contribution in [0.3, 0.4) is 0 Å². The van der Waals surface area contributed by atoms with Crippen LogP contribution < -0.4 is 5.32 Å². The summed E-state index contributed by atoms with van der Waals surface area (Å²) in [7, 11) is 0. The van der Waals surface area contributed by atoms with Crippen molar-refractivity contribution in [2.45, 2.75) is 19.1 Å². The molecule has 0 saturated carbocycles. The Labute approximate surface area is 131 Å². The van der Waals surface area contributed by atoms with E-state index in [1.165, 1.54) is 31.3 Å². The standard InChI is InChI=1S/C16H15F3N2O2/c1-10(23)21-16(9-17,12-3-4-13(18)14(19)6-12)15-5-2-11(8-22)7-20-15/h2-7,22H,8-9H2,1H3,(H,21,23). The number of benzene rings is 1. The zero-order valence-electron chi connectivity index (χ0n) is 12.3. The number of nitrogens with zero attached hydrogens (tertiary/aromatic N) is 1. The largest absolute Gasteiger partial charge is 0.392 e. The molecule has 7 heteroatoms. The topological polar surface area (TPSA) is 62.2 Å². The number of aliphatic hydroxyl groups is 1. The van der Waals surface area contributed by atoms with Crippen LogP contribution in [0.1, 0.15) is 23.7 Å². The van der Waals surface area contributed by atoms with Crippen molar-refractivity contribution in [3.05, 3.63) is 65.0 Å². The molecule has 0 aliphatic carbocycles. The number of halogens is 3. The number of alkyl halides is 1. The third kappa shape index (κ3) is 3.34. The lowest BCUT2D eigenvalue weighted by Gasteiger charge is -2.32. The quantitative estimate of drug-likeness (QED) is 0.886. The van der Waals surface area contributed by atoms with Gasteiger partial charge in [0.25, 0.3) is 0 Å². The zero-order valence-corrected chi connectivity index (χ0v) is 12.3. The van der Waals surface area contributed by atoms with Crippen LogP contribution in [0, 0.1) is 11.6 Å². The van der Waals surface area contributed by atoms with Crippen LogP contribution in [0.2, 0.25) is 0 Å². The van der Waals surface area contributed by atoms with E-state index >= 15 is 0 Å². The maximum atomic E-state index is 13.9. The van der Waals surface area contributed by atoms with Crippen molar-refractivity contribution in [3.63, 3.8) is 0 Å². The van der Waals surface area contributed by atoms with E-state index in [0.717, 1.165) is 12.1 Å². The summed E-state index contributed by atoms with van der Waals surface area (Å²) < 4.78 is 40.6. The third-order valence-corrected chi connectivity index (χ3v) is 3.45. The molecule has 1 aromatic heterocycles. The van der Waals surface area contributed by atoms with Crippen molar-refractivity contribution in [2.24, 2.45) is 0 Å². The molecule has 1 unspecified atom stereocenters. The van der Waals surface area contributed by atoms with E-state index in [4.69, 9.17) is 5.11 Å². The molecule has 2 N–H and O–H groups in total. The lowest BCUT2D eigenvalue weighted by atomic mass is 9.86. The summed E-state index contributed by atoms with van der Waals surface area (Å²) in [5, 5.41) is 11.5. The van der Waals surface area contributed by atoms with Gasteiger partial charge >= 0.3 is 0 Å². The average molecular weight is 324 g/mol. The van der Waals surface area contributed by atoms with E-state index in [0.29, 0.717) is 5.56 Å². The van der Waals surface area contributed by atoms with Crippen LogP contribution in [-0.2, 0) is 16.9 Å². The third-order valence-electron chi connectivity index (χ3n) is 3.45. The number of pyridine rings is 1. The normalized spacial score (nSPS) is 13.4. The number of hydrogen-bond donors (Lipinski definition) is 2. The summed E-state index contributed by atoms with van der Waals surface area (Å²) in [5.41, 5.74) is -1.11. The minimum Gasteiger partial charge on any atom is -0.392 e. The van der Waals surface area contributed by atoms with Crippen LogP contribution in [0.5, 0.6) is 0 Å².